The maximum Gasteiger partial charge on any atom is 0.225 e. The van der Waals surface area contributed by atoms with Crippen molar-refractivity contribution in [1.82, 2.24) is 10.2 Å². The number of amides is 2. The maximum absolute atomic E-state index is 12.9. The molecule has 1 N–H and O–H groups in total. The van der Waals surface area contributed by atoms with Gasteiger partial charge >= 0.3 is 0 Å². The van der Waals surface area contributed by atoms with Crippen molar-refractivity contribution in [3.8, 4) is 0 Å². The smallest absolute Gasteiger partial charge is 0.225 e. The summed E-state index contributed by atoms with van der Waals surface area (Å²) in [5, 5.41) is 3.48. The van der Waals surface area contributed by atoms with Crippen LogP contribution in [0.2, 0.25) is 5.02 Å². The normalized spacial score (nSPS) is 16.8. The van der Waals surface area contributed by atoms with E-state index in [2.05, 4.69) is 5.32 Å². The molecule has 1 aliphatic rings. The molecule has 3 rings (SSSR count). The Morgan fingerprint density at radius 1 is 1.19 bits per heavy atom. The van der Waals surface area contributed by atoms with Gasteiger partial charge in [0.2, 0.25) is 11.8 Å². The van der Waals surface area contributed by atoms with Crippen LogP contribution < -0.4 is 5.32 Å². The van der Waals surface area contributed by atoms with E-state index in [1.807, 2.05) is 18.2 Å². The molecule has 0 bridgehead atoms. The van der Waals surface area contributed by atoms with E-state index in [0.29, 0.717) is 31.1 Å². The Labute approximate surface area is 157 Å². The molecule has 2 aromatic rings. The SMILES string of the molecule is O=C(NCCc1ccc(F)cc1)C1CC(=O)N(Cc2ccccc2Cl)C1. The zero-order valence-corrected chi connectivity index (χ0v) is 15.0. The summed E-state index contributed by atoms with van der Waals surface area (Å²) in [5.41, 5.74) is 1.83. The molecule has 0 saturated carbocycles. The summed E-state index contributed by atoms with van der Waals surface area (Å²) < 4.78 is 12.9. The van der Waals surface area contributed by atoms with Crippen LogP contribution in [-0.4, -0.2) is 29.8 Å². The van der Waals surface area contributed by atoms with Crippen molar-refractivity contribution in [3.63, 3.8) is 0 Å². The highest BCUT2D eigenvalue weighted by molar-refractivity contribution is 6.31. The molecule has 6 heteroatoms. The van der Waals surface area contributed by atoms with Gasteiger partial charge in [-0.25, -0.2) is 4.39 Å². The van der Waals surface area contributed by atoms with Crippen LogP contribution in [0.25, 0.3) is 0 Å². The first-order chi connectivity index (χ1) is 12.5. The van der Waals surface area contributed by atoms with E-state index in [1.165, 1.54) is 12.1 Å². The summed E-state index contributed by atoms with van der Waals surface area (Å²) >= 11 is 6.15. The van der Waals surface area contributed by atoms with E-state index in [-0.39, 0.29) is 30.0 Å². The number of hydrogen-bond acceptors (Lipinski definition) is 2. The molecule has 1 atom stereocenters. The fourth-order valence-electron chi connectivity index (χ4n) is 3.06. The lowest BCUT2D eigenvalue weighted by Crippen LogP contribution is -2.34. The number of nitrogens with one attached hydrogen (secondary N) is 1. The van der Waals surface area contributed by atoms with Crippen LogP contribution in [0.4, 0.5) is 4.39 Å². The summed E-state index contributed by atoms with van der Waals surface area (Å²) in [6, 6.07) is 13.6. The third kappa shape index (κ3) is 4.61. The second-order valence-corrected chi connectivity index (χ2v) is 6.84. The van der Waals surface area contributed by atoms with Crippen LogP contribution in [0.3, 0.4) is 0 Å². The molecule has 2 aromatic carbocycles. The highest BCUT2D eigenvalue weighted by Gasteiger charge is 2.34. The van der Waals surface area contributed by atoms with Crippen molar-refractivity contribution in [1.29, 1.82) is 0 Å². The fourth-order valence-corrected chi connectivity index (χ4v) is 3.25. The van der Waals surface area contributed by atoms with Crippen molar-refractivity contribution in [2.45, 2.75) is 19.4 Å². The quantitative estimate of drug-likeness (QED) is 0.844. The lowest BCUT2D eigenvalue weighted by Gasteiger charge is -2.17. The summed E-state index contributed by atoms with van der Waals surface area (Å²) in [6.07, 6.45) is 0.836. The van der Waals surface area contributed by atoms with Crippen LogP contribution in [0, 0.1) is 11.7 Å². The Morgan fingerprint density at radius 2 is 1.92 bits per heavy atom. The lowest BCUT2D eigenvalue weighted by atomic mass is 10.1. The standard InChI is InChI=1S/C20H20ClFN2O2/c21-18-4-2-1-3-15(18)12-24-13-16(11-19(24)25)20(26)23-10-9-14-5-7-17(22)8-6-14/h1-8,16H,9-13H2,(H,23,26). The number of carbonyl (C=O) groups is 2. The van der Waals surface area contributed by atoms with E-state index < -0.39 is 0 Å². The first kappa shape index (κ1) is 18.4. The molecule has 0 aromatic heterocycles. The number of likely N-dealkylation sites (tertiary alicyclic amines) is 1. The summed E-state index contributed by atoms with van der Waals surface area (Å²) in [6.45, 7) is 1.27. The highest BCUT2D eigenvalue weighted by Crippen LogP contribution is 2.23. The van der Waals surface area contributed by atoms with Gasteiger partial charge in [0.15, 0.2) is 0 Å². The van der Waals surface area contributed by atoms with Gasteiger partial charge in [0.25, 0.3) is 0 Å². The van der Waals surface area contributed by atoms with Gasteiger partial charge in [-0.3, -0.25) is 9.59 Å². The van der Waals surface area contributed by atoms with Crippen molar-refractivity contribution >= 4 is 23.4 Å². The number of hydrogen-bond donors (Lipinski definition) is 1. The van der Waals surface area contributed by atoms with Gasteiger partial charge < -0.3 is 10.2 Å². The molecule has 1 aliphatic heterocycles. The third-order valence-corrected chi connectivity index (χ3v) is 4.90. The first-order valence-corrected chi connectivity index (χ1v) is 8.94. The molecule has 1 fully saturated rings. The number of nitrogens with zero attached hydrogens (tertiary/aromatic N) is 1. The first-order valence-electron chi connectivity index (χ1n) is 8.56. The van der Waals surface area contributed by atoms with Gasteiger partial charge in [0, 0.05) is 31.1 Å². The van der Waals surface area contributed by atoms with Gasteiger partial charge in [-0.1, -0.05) is 41.9 Å². The minimum Gasteiger partial charge on any atom is -0.355 e. The second-order valence-electron chi connectivity index (χ2n) is 6.43. The second kappa shape index (κ2) is 8.32. The number of benzene rings is 2. The molecule has 1 heterocycles. The Balaban J connectivity index is 1.49. The summed E-state index contributed by atoms with van der Waals surface area (Å²) in [5.74, 6) is -0.787. The average Bonchev–Trinajstić information content (AvgIpc) is 2.99. The van der Waals surface area contributed by atoms with Crippen molar-refractivity contribution in [2.24, 2.45) is 5.92 Å². The minimum absolute atomic E-state index is 0.0383. The molecule has 2 amide bonds. The summed E-state index contributed by atoms with van der Waals surface area (Å²) in [7, 11) is 0. The van der Waals surface area contributed by atoms with Crippen molar-refractivity contribution in [2.75, 3.05) is 13.1 Å². The summed E-state index contributed by atoms with van der Waals surface area (Å²) in [4.78, 5) is 26.2. The maximum atomic E-state index is 12.9. The van der Waals surface area contributed by atoms with Crippen molar-refractivity contribution < 1.29 is 14.0 Å². The lowest BCUT2D eigenvalue weighted by molar-refractivity contribution is -0.129. The molecule has 1 saturated heterocycles. The predicted octanol–water partition coefficient (Wildman–Crippen LogP) is 3.19. The average molecular weight is 375 g/mol. The molecule has 0 aliphatic carbocycles. The van der Waals surface area contributed by atoms with Gasteiger partial charge in [0.05, 0.1) is 5.92 Å². The Bertz CT molecular complexity index is 795. The van der Waals surface area contributed by atoms with Crippen molar-refractivity contribution in [3.05, 3.63) is 70.5 Å². The van der Waals surface area contributed by atoms with Gasteiger partial charge in [-0.2, -0.15) is 0 Å². The Hall–Kier alpha value is -2.40. The molecular weight excluding hydrogens is 355 g/mol. The molecule has 26 heavy (non-hydrogen) atoms. The number of carbonyl (C=O) groups excluding carboxylic acids is 2. The van der Waals surface area contributed by atoms with Gasteiger partial charge in [0.1, 0.15) is 5.82 Å². The van der Waals surface area contributed by atoms with Crippen LogP contribution in [0.15, 0.2) is 48.5 Å². The molecule has 136 valence electrons. The van der Waals surface area contributed by atoms with Gasteiger partial charge in [-0.05, 0) is 35.7 Å². The largest absolute Gasteiger partial charge is 0.355 e. The van der Waals surface area contributed by atoms with E-state index in [9.17, 15) is 14.0 Å². The molecule has 0 spiro atoms. The third-order valence-electron chi connectivity index (χ3n) is 4.53. The van der Waals surface area contributed by atoms with Crippen LogP contribution >= 0.6 is 11.6 Å². The zero-order chi connectivity index (χ0) is 18.5. The van der Waals surface area contributed by atoms with Crippen LogP contribution in [0.5, 0.6) is 0 Å². The van der Waals surface area contributed by atoms with Gasteiger partial charge in [-0.15, -0.1) is 0 Å². The highest BCUT2D eigenvalue weighted by atomic mass is 35.5. The molecular formula is C20H20ClFN2O2. The van der Waals surface area contributed by atoms with E-state index >= 15 is 0 Å². The van der Waals surface area contributed by atoms with E-state index in [0.717, 1.165) is 11.1 Å². The van der Waals surface area contributed by atoms with E-state index in [1.54, 1.807) is 23.1 Å². The Morgan fingerprint density at radius 3 is 2.65 bits per heavy atom. The monoisotopic (exact) mass is 374 g/mol. The van der Waals surface area contributed by atoms with E-state index in [4.69, 9.17) is 11.6 Å². The molecule has 1 unspecified atom stereocenters. The number of halogens is 2. The molecule has 4 nitrogen and oxygen atoms in total. The van der Waals surface area contributed by atoms with Crippen LogP contribution in [-0.2, 0) is 22.6 Å². The Kier molecular flexibility index (Phi) is 5.89. The minimum atomic E-state index is -0.349. The fraction of sp³-hybridized carbons (Fsp3) is 0.300. The molecule has 0 radical (unpaired) electrons. The predicted molar refractivity (Wildman–Crippen MR) is 98.1 cm³/mol. The zero-order valence-electron chi connectivity index (χ0n) is 14.3. The number of rotatable bonds is 6. The van der Waals surface area contributed by atoms with Crippen LogP contribution in [0.1, 0.15) is 17.5 Å². The topological polar surface area (TPSA) is 49.4 Å².